The zero-order valence-electron chi connectivity index (χ0n) is 8.62. The second-order valence-electron chi connectivity index (χ2n) is 3.46. The van der Waals surface area contributed by atoms with Crippen LogP contribution in [0.2, 0.25) is 0 Å². The van der Waals surface area contributed by atoms with E-state index in [9.17, 15) is 0 Å². The van der Waals surface area contributed by atoms with E-state index in [4.69, 9.17) is 5.73 Å². The first-order valence-corrected chi connectivity index (χ1v) is 6.28. The molecule has 0 bridgehead atoms. The van der Waals surface area contributed by atoms with Crippen LogP contribution in [0.1, 0.15) is 17.0 Å². The number of nitrogens with two attached hydrogens (primary N) is 1. The second kappa shape index (κ2) is 3.98. The van der Waals surface area contributed by atoms with Crippen LogP contribution in [0.25, 0.3) is 0 Å². The molecule has 2 N–H and O–H groups in total. The number of rotatable bonds is 2. The van der Waals surface area contributed by atoms with E-state index in [1.54, 1.807) is 11.3 Å². The van der Waals surface area contributed by atoms with Gasteiger partial charge in [0.25, 0.3) is 0 Å². The molecule has 2 aromatic heterocycles. The van der Waals surface area contributed by atoms with Crippen LogP contribution >= 0.6 is 27.3 Å². The summed E-state index contributed by atoms with van der Waals surface area (Å²) in [6.07, 6.45) is 0. The summed E-state index contributed by atoms with van der Waals surface area (Å²) in [4.78, 5) is 0. The Kier molecular flexibility index (Phi) is 2.84. The molecule has 0 aliphatic heterocycles. The van der Waals surface area contributed by atoms with Gasteiger partial charge in [-0.1, -0.05) is 0 Å². The molecule has 0 spiro atoms. The third-order valence-electron chi connectivity index (χ3n) is 2.45. The van der Waals surface area contributed by atoms with Gasteiger partial charge in [0.05, 0.1) is 27.4 Å². The van der Waals surface area contributed by atoms with Crippen molar-refractivity contribution >= 4 is 33.0 Å². The van der Waals surface area contributed by atoms with Crippen LogP contribution < -0.4 is 5.73 Å². The highest BCUT2D eigenvalue weighted by Gasteiger charge is 2.09. The Hall–Kier alpha value is -0.810. The van der Waals surface area contributed by atoms with Crippen molar-refractivity contribution in [3.8, 4) is 0 Å². The molecule has 0 saturated heterocycles. The summed E-state index contributed by atoms with van der Waals surface area (Å²) < 4.78 is 3.10. The Balaban J connectivity index is 2.33. The highest BCUT2D eigenvalue weighted by atomic mass is 79.9. The minimum absolute atomic E-state index is 0.772. The molecule has 0 unspecified atom stereocenters. The fraction of sp³-hybridized carbons (Fsp3) is 0.300. The van der Waals surface area contributed by atoms with E-state index in [2.05, 4.69) is 32.5 Å². The molecule has 0 atom stereocenters. The first-order valence-electron chi connectivity index (χ1n) is 4.61. The molecule has 0 saturated carbocycles. The largest absolute Gasteiger partial charge is 0.396 e. The predicted molar refractivity (Wildman–Crippen MR) is 67.2 cm³/mol. The van der Waals surface area contributed by atoms with Gasteiger partial charge in [0.2, 0.25) is 0 Å². The van der Waals surface area contributed by atoms with Crippen LogP contribution in [-0.4, -0.2) is 9.78 Å². The van der Waals surface area contributed by atoms with E-state index in [0.717, 1.165) is 27.4 Å². The van der Waals surface area contributed by atoms with Crippen LogP contribution in [0.15, 0.2) is 15.2 Å². The predicted octanol–water partition coefficient (Wildman–Crippen LogP) is 2.95. The summed E-state index contributed by atoms with van der Waals surface area (Å²) in [5, 5.41) is 6.47. The number of nitrogens with zero attached hydrogens (tertiary/aromatic N) is 2. The first kappa shape index (κ1) is 10.7. The van der Waals surface area contributed by atoms with Crippen LogP contribution in [0.3, 0.4) is 0 Å². The second-order valence-corrected chi connectivity index (χ2v) is 5.70. The summed E-state index contributed by atoms with van der Waals surface area (Å²) in [6, 6.07) is 2.10. The average molecular weight is 286 g/mol. The zero-order valence-corrected chi connectivity index (χ0v) is 11.0. The molecular weight excluding hydrogens is 274 g/mol. The molecule has 2 heterocycles. The standard InChI is InChI=1S/C10H12BrN3S/c1-6-9(12)7(2)14(13-6)5-8-3-4-15-10(8)11/h3-4H,5,12H2,1-2H3. The molecule has 2 rings (SSSR count). The van der Waals surface area contributed by atoms with E-state index >= 15 is 0 Å². The molecule has 5 heteroatoms. The molecule has 0 fully saturated rings. The Bertz CT molecular complexity index is 487. The van der Waals surface area contributed by atoms with Gasteiger partial charge in [0.15, 0.2) is 0 Å². The Morgan fingerprint density at radius 1 is 1.53 bits per heavy atom. The topological polar surface area (TPSA) is 43.8 Å². The minimum Gasteiger partial charge on any atom is -0.396 e. The molecule has 0 aliphatic carbocycles. The lowest BCUT2D eigenvalue weighted by atomic mass is 10.3. The molecule has 80 valence electrons. The Morgan fingerprint density at radius 2 is 2.27 bits per heavy atom. The maximum atomic E-state index is 5.88. The number of aromatic nitrogens is 2. The molecule has 3 nitrogen and oxygen atoms in total. The first-order chi connectivity index (χ1) is 7.09. The van der Waals surface area contributed by atoms with Gasteiger partial charge in [-0.3, -0.25) is 4.68 Å². The van der Waals surface area contributed by atoms with Crippen molar-refractivity contribution in [2.24, 2.45) is 0 Å². The normalized spacial score (nSPS) is 10.9. The maximum Gasteiger partial charge on any atom is 0.0826 e. The third kappa shape index (κ3) is 1.94. The number of nitrogen functional groups attached to an aromatic ring is 1. The number of hydrogen-bond donors (Lipinski definition) is 1. The minimum atomic E-state index is 0.772. The molecule has 0 radical (unpaired) electrons. The fourth-order valence-corrected chi connectivity index (χ4v) is 2.68. The average Bonchev–Trinajstić information content (AvgIpc) is 2.69. The lowest BCUT2D eigenvalue weighted by Crippen LogP contribution is -2.03. The monoisotopic (exact) mass is 285 g/mol. The van der Waals surface area contributed by atoms with Crippen molar-refractivity contribution in [2.75, 3.05) is 5.73 Å². The summed E-state index contributed by atoms with van der Waals surface area (Å²) >= 11 is 5.20. The van der Waals surface area contributed by atoms with Crippen LogP contribution in [0.4, 0.5) is 5.69 Å². The number of hydrogen-bond acceptors (Lipinski definition) is 3. The van der Waals surface area contributed by atoms with E-state index in [0.29, 0.717) is 0 Å². The highest BCUT2D eigenvalue weighted by molar-refractivity contribution is 9.11. The van der Waals surface area contributed by atoms with Gasteiger partial charge in [0, 0.05) is 0 Å². The highest BCUT2D eigenvalue weighted by Crippen LogP contribution is 2.25. The van der Waals surface area contributed by atoms with Crippen LogP contribution in [0, 0.1) is 13.8 Å². The van der Waals surface area contributed by atoms with E-state index in [1.807, 2.05) is 18.5 Å². The summed E-state index contributed by atoms with van der Waals surface area (Å²) in [6.45, 7) is 4.70. The SMILES string of the molecule is Cc1nn(Cc2ccsc2Br)c(C)c1N. The number of thiophene rings is 1. The molecular formula is C10H12BrN3S. The smallest absolute Gasteiger partial charge is 0.0826 e. The zero-order chi connectivity index (χ0) is 11.0. The summed E-state index contributed by atoms with van der Waals surface area (Å²) in [5.41, 5.74) is 9.85. The maximum absolute atomic E-state index is 5.88. The van der Waals surface area contributed by atoms with Crippen molar-refractivity contribution in [1.29, 1.82) is 0 Å². The molecule has 15 heavy (non-hydrogen) atoms. The number of halogens is 1. The quantitative estimate of drug-likeness (QED) is 0.922. The molecule has 2 aromatic rings. The molecule has 0 aromatic carbocycles. The van der Waals surface area contributed by atoms with Crippen molar-refractivity contribution < 1.29 is 0 Å². The third-order valence-corrected chi connectivity index (χ3v) is 4.26. The van der Waals surface area contributed by atoms with Crippen molar-refractivity contribution in [2.45, 2.75) is 20.4 Å². The lowest BCUT2D eigenvalue weighted by molar-refractivity contribution is 0.659. The van der Waals surface area contributed by atoms with Gasteiger partial charge in [-0.05, 0) is 46.8 Å². The molecule has 0 amide bonds. The summed E-state index contributed by atoms with van der Waals surface area (Å²) in [7, 11) is 0. The van der Waals surface area contributed by atoms with Crippen LogP contribution in [-0.2, 0) is 6.54 Å². The van der Waals surface area contributed by atoms with Gasteiger partial charge in [0.1, 0.15) is 0 Å². The fourth-order valence-electron chi connectivity index (χ4n) is 1.46. The van der Waals surface area contributed by atoms with Gasteiger partial charge < -0.3 is 5.73 Å². The van der Waals surface area contributed by atoms with Crippen LogP contribution in [0.5, 0.6) is 0 Å². The van der Waals surface area contributed by atoms with E-state index < -0.39 is 0 Å². The van der Waals surface area contributed by atoms with Crippen molar-refractivity contribution in [3.05, 3.63) is 32.2 Å². The van der Waals surface area contributed by atoms with Gasteiger partial charge in [-0.25, -0.2) is 0 Å². The number of aryl methyl sites for hydroxylation is 1. The van der Waals surface area contributed by atoms with Crippen molar-refractivity contribution in [3.63, 3.8) is 0 Å². The lowest BCUT2D eigenvalue weighted by Gasteiger charge is -2.03. The summed E-state index contributed by atoms with van der Waals surface area (Å²) in [5.74, 6) is 0. The molecule has 0 aliphatic rings. The van der Waals surface area contributed by atoms with Gasteiger partial charge in [-0.2, -0.15) is 5.10 Å². The number of anilines is 1. The van der Waals surface area contributed by atoms with E-state index in [-0.39, 0.29) is 0 Å². The van der Waals surface area contributed by atoms with E-state index in [1.165, 1.54) is 5.56 Å². The Labute approximate surface area is 101 Å². The van der Waals surface area contributed by atoms with Crippen molar-refractivity contribution in [1.82, 2.24) is 9.78 Å². The van der Waals surface area contributed by atoms with Gasteiger partial charge >= 0.3 is 0 Å². The van der Waals surface area contributed by atoms with Gasteiger partial charge in [-0.15, -0.1) is 11.3 Å². The Morgan fingerprint density at radius 3 is 2.73 bits per heavy atom.